The number of benzene rings is 2. The minimum atomic E-state index is -0.293. The zero-order chi connectivity index (χ0) is 24.1. The summed E-state index contributed by atoms with van der Waals surface area (Å²) in [5.41, 5.74) is 1.88. The van der Waals surface area contributed by atoms with Crippen molar-refractivity contribution in [2.75, 3.05) is 27.2 Å². The third kappa shape index (κ3) is 6.07. The molecule has 2 aliphatic rings. The van der Waals surface area contributed by atoms with Crippen LogP contribution in [0.25, 0.3) is 6.08 Å². The molecule has 180 valence electrons. The molecule has 4 rings (SSSR count). The minimum Gasteiger partial charge on any atom is -0.355 e. The Labute approximate surface area is 205 Å². The molecule has 1 saturated carbocycles. The first-order valence-corrected chi connectivity index (χ1v) is 12.7. The van der Waals surface area contributed by atoms with Crippen LogP contribution in [0.2, 0.25) is 0 Å². The van der Waals surface area contributed by atoms with Crippen LogP contribution in [0, 0.1) is 11.7 Å². The van der Waals surface area contributed by atoms with E-state index in [-0.39, 0.29) is 34.8 Å². The van der Waals surface area contributed by atoms with Crippen molar-refractivity contribution in [3.05, 3.63) is 76.4 Å². The van der Waals surface area contributed by atoms with Crippen LogP contribution in [0.5, 0.6) is 0 Å². The fourth-order valence-electron chi connectivity index (χ4n) is 4.65. The Balaban J connectivity index is 1.55. The third-order valence-corrected chi connectivity index (χ3v) is 7.90. The molecule has 2 aromatic rings. The van der Waals surface area contributed by atoms with Crippen molar-refractivity contribution in [2.24, 2.45) is 5.92 Å². The van der Waals surface area contributed by atoms with Crippen LogP contribution >= 0.6 is 11.8 Å². The summed E-state index contributed by atoms with van der Waals surface area (Å²) in [6.07, 6.45) is 4.30. The van der Waals surface area contributed by atoms with Gasteiger partial charge < -0.3 is 15.1 Å². The lowest BCUT2D eigenvalue weighted by Gasteiger charge is -2.46. The first-order chi connectivity index (χ1) is 16.4. The summed E-state index contributed by atoms with van der Waals surface area (Å²) in [7, 11) is 3.96. The summed E-state index contributed by atoms with van der Waals surface area (Å²) in [4.78, 5) is 31.2. The number of hydrogen-bond donors (Lipinski definition) is 1. The standard InChI is InChI=1S/C27H32FN3O2S/c1-30(2)15-14-29-26(32)21-10-13-24-23(17-21)31(18-20-8-11-22(28)12-9-20)27(33)25(34-24)16-19-6-4-3-5-7-19/h3-9,11-12,16,21,23-24H,10,13-15,17-18H2,1-2H3,(H,29,32)/b25-16-. The third-order valence-electron chi connectivity index (χ3n) is 6.50. The highest BCUT2D eigenvalue weighted by Gasteiger charge is 2.44. The molecule has 0 radical (unpaired) electrons. The lowest BCUT2D eigenvalue weighted by Crippen LogP contribution is -2.53. The topological polar surface area (TPSA) is 52.7 Å². The van der Waals surface area contributed by atoms with Gasteiger partial charge in [-0.2, -0.15) is 0 Å². The average Bonchev–Trinajstić information content (AvgIpc) is 2.83. The van der Waals surface area contributed by atoms with Crippen LogP contribution < -0.4 is 5.32 Å². The molecule has 1 aliphatic heterocycles. The van der Waals surface area contributed by atoms with Gasteiger partial charge in [-0.3, -0.25) is 9.59 Å². The van der Waals surface area contributed by atoms with Gasteiger partial charge in [0.05, 0.1) is 4.91 Å². The van der Waals surface area contributed by atoms with Crippen molar-refractivity contribution < 1.29 is 14.0 Å². The van der Waals surface area contributed by atoms with Crippen LogP contribution in [0.4, 0.5) is 4.39 Å². The first-order valence-electron chi connectivity index (χ1n) is 11.8. The van der Waals surface area contributed by atoms with Crippen molar-refractivity contribution >= 4 is 29.7 Å². The number of amides is 2. The molecule has 2 amide bonds. The summed E-state index contributed by atoms with van der Waals surface area (Å²) >= 11 is 1.64. The van der Waals surface area contributed by atoms with Gasteiger partial charge in [0.25, 0.3) is 5.91 Å². The van der Waals surface area contributed by atoms with Crippen LogP contribution in [-0.2, 0) is 16.1 Å². The molecule has 0 aromatic heterocycles. The van der Waals surface area contributed by atoms with E-state index in [2.05, 4.69) is 5.32 Å². The van der Waals surface area contributed by atoms with Gasteiger partial charge in [-0.15, -0.1) is 11.8 Å². The number of fused-ring (bicyclic) bond motifs is 1. The zero-order valence-electron chi connectivity index (χ0n) is 19.7. The molecule has 34 heavy (non-hydrogen) atoms. The SMILES string of the molecule is CN(C)CCNC(=O)C1CCC2S/C(=C\c3ccccc3)C(=O)N(Cc3ccc(F)cc3)C2C1. The minimum absolute atomic E-state index is 0.0203. The Morgan fingerprint density at radius 2 is 1.88 bits per heavy atom. The molecular weight excluding hydrogens is 449 g/mol. The Kier molecular flexibility index (Phi) is 8.06. The number of nitrogens with one attached hydrogen (secondary N) is 1. The Morgan fingerprint density at radius 3 is 2.59 bits per heavy atom. The predicted octanol–water partition coefficient (Wildman–Crippen LogP) is 4.16. The molecule has 7 heteroatoms. The molecular formula is C27H32FN3O2S. The van der Waals surface area contributed by atoms with E-state index in [1.54, 1.807) is 23.9 Å². The van der Waals surface area contributed by atoms with Crippen molar-refractivity contribution in [3.63, 3.8) is 0 Å². The van der Waals surface area contributed by atoms with E-state index >= 15 is 0 Å². The predicted molar refractivity (Wildman–Crippen MR) is 135 cm³/mol. The number of halogens is 1. The number of carbonyl (C=O) groups is 2. The average molecular weight is 482 g/mol. The van der Waals surface area contributed by atoms with E-state index in [1.807, 2.05) is 60.3 Å². The highest BCUT2D eigenvalue weighted by molar-refractivity contribution is 8.04. The maximum Gasteiger partial charge on any atom is 0.260 e. The second-order valence-corrected chi connectivity index (χ2v) is 10.6. The molecule has 2 fully saturated rings. The van der Waals surface area contributed by atoms with Gasteiger partial charge in [-0.25, -0.2) is 4.39 Å². The van der Waals surface area contributed by atoms with Gasteiger partial charge in [0.15, 0.2) is 0 Å². The van der Waals surface area contributed by atoms with E-state index in [4.69, 9.17) is 0 Å². The molecule has 3 unspecified atom stereocenters. The molecule has 0 bridgehead atoms. The summed E-state index contributed by atoms with van der Waals surface area (Å²) in [5.74, 6) is -0.343. The molecule has 0 spiro atoms. The van der Waals surface area contributed by atoms with E-state index in [1.165, 1.54) is 12.1 Å². The Bertz CT molecular complexity index is 1030. The van der Waals surface area contributed by atoms with Crippen molar-refractivity contribution in [1.29, 1.82) is 0 Å². The van der Waals surface area contributed by atoms with Crippen LogP contribution in [0.1, 0.15) is 30.4 Å². The number of carbonyl (C=O) groups excluding carboxylic acids is 2. The number of nitrogens with zero attached hydrogens (tertiary/aromatic N) is 2. The Morgan fingerprint density at radius 1 is 1.15 bits per heavy atom. The summed E-state index contributed by atoms with van der Waals surface area (Å²) < 4.78 is 13.5. The van der Waals surface area contributed by atoms with Crippen LogP contribution in [-0.4, -0.2) is 60.1 Å². The van der Waals surface area contributed by atoms with Crippen LogP contribution in [0.3, 0.4) is 0 Å². The summed E-state index contributed by atoms with van der Waals surface area (Å²) in [6.45, 7) is 1.82. The van der Waals surface area contributed by atoms with Gasteiger partial charge in [0.2, 0.25) is 5.91 Å². The Hall–Kier alpha value is -2.64. The molecule has 2 aromatic carbocycles. The van der Waals surface area contributed by atoms with Crippen LogP contribution in [0.15, 0.2) is 59.5 Å². The first kappa shape index (κ1) is 24.5. The summed E-state index contributed by atoms with van der Waals surface area (Å²) in [5, 5.41) is 3.29. The number of rotatable bonds is 7. The normalized spacial score (nSPS) is 23.8. The van der Waals surface area contributed by atoms with E-state index in [0.717, 1.165) is 35.4 Å². The van der Waals surface area contributed by atoms with E-state index in [9.17, 15) is 14.0 Å². The number of likely N-dealkylation sites (N-methyl/N-ethyl adjacent to an activating group) is 1. The number of hydrogen-bond acceptors (Lipinski definition) is 4. The summed E-state index contributed by atoms with van der Waals surface area (Å²) in [6, 6.07) is 16.2. The lowest BCUT2D eigenvalue weighted by atomic mass is 9.83. The fourth-order valence-corrected chi connectivity index (χ4v) is 6.06. The maximum atomic E-state index is 13.6. The largest absolute Gasteiger partial charge is 0.355 e. The quantitative estimate of drug-likeness (QED) is 0.604. The molecule has 1 aliphatic carbocycles. The van der Waals surface area contributed by atoms with Gasteiger partial charge in [0.1, 0.15) is 5.82 Å². The van der Waals surface area contributed by atoms with Gasteiger partial charge in [0, 0.05) is 36.8 Å². The van der Waals surface area contributed by atoms with E-state index in [0.29, 0.717) is 19.5 Å². The smallest absolute Gasteiger partial charge is 0.260 e. The zero-order valence-corrected chi connectivity index (χ0v) is 20.6. The molecule has 1 heterocycles. The molecule has 1 N–H and O–H groups in total. The number of thioether (sulfide) groups is 1. The molecule has 1 saturated heterocycles. The lowest BCUT2D eigenvalue weighted by molar-refractivity contribution is -0.133. The second-order valence-electron chi connectivity index (χ2n) is 9.31. The maximum absolute atomic E-state index is 13.6. The monoisotopic (exact) mass is 481 g/mol. The van der Waals surface area contributed by atoms with E-state index < -0.39 is 0 Å². The van der Waals surface area contributed by atoms with Gasteiger partial charge in [-0.1, -0.05) is 42.5 Å². The van der Waals surface area contributed by atoms with Crippen molar-refractivity contribution in [2.45, 2.75) is 37.1 Å². The van der Waals surface area contributed by atoms with Crippen molar-refractivity contribution in [3.8, 4) is 0 Å². The molecule has 3 atom stereocenters. The highest BCUT2D eigenvalue weighted by atomic mass is 32.2. The van der Waals surface area contributed by atoms with Gasteiger partial charge >= 0.3 is 0 Å². The fraction of sp³-hybridized carbons (Fsp3) is 0.407. The molecule has 5 nitrogen and oxygen atoms in total. The highest BCUT2D eigenvalue weighted by Crippen LogP contribution is 2.44. The van der Waals surface area contributed by atoms with Gasteiger partial charge in [-0.05, 0) is 62.7 Å². The second kappa shape index (κ2) is 11.2. The van der Waals surface area contributed by atoms with Crippen molar-refractivity contribution in [1.82, 2.24) is 15.1 Å².